The maximum Gasteiger partial charge on any atom is 0.255 e. The minimum Gasteiger partial charge on any atom is -0.507 e. The van der Waals surface area contributed by atoms with Crippen LogP contribution in [0.1, 0.15) is 49.0 Å². The van der Waals surface area contributed by atoms with Gasteiger partial charge in [-0.05, 0) is 37.8 Å². The second-order valence-electron chi connectivity index (χ2n) is 10.8. The maximum absolute atomic E-state index is 14.6. The number of carbonyl (C=O) groups excluding carboxylic acids is 4. The molecule has 2 aliphatic rings. The van der Waals surface area contributed by atoms with Gasteiger partial charge < -0.3 is 31.5 Å². The third-order valence-electron chi connectivity index (χ3n) is 7.96. The Hall–Kier alpha value is -4.27. The predicted octanol–water partition coefficient (Wildman–Crippen LogP) is 0.970. The fraction of sp³-hybridized carbons (Fsp3) is 0.464. The van der Waals surface area contributed by atoms with E-state index >= 15 is 0 Å². The van der Waals surface area contributed by atoms with Crippen molar-refractivity contribution in [3.05, 3.63) is 58.9 Å². The topological polar surface area (TPSA) is 170 Å². The molecule has 6 atom stereocenters. The number of aromatic nitrogens is 1. The summed E-state index contributed by atoms with van der Waals surface area (Å²) in [4.78, 5) is 55.8. The minimum atomic E-state index is -2.08. The van der Waals surface area contributed by atoms with Crippen LogP contribution >= 0.6 is 0 Å². The largest absolute Gasteiger partial charge is 0.507 e. The first kappa shape index (κ1) is 31.7. The van der Waals surface area contributed by atoms with Gasteiger partial charge in [-0.2, -0.15) is 18.2 Å². The molecule has 1 aliphatic carbocycles. The van der Waals surface area contributed by atoms with Gasteiger partial charge >= 0.3 is 0 Å². The Morgan fingerprint density at radius 1 is 0.953 bits per heavy atom. The van der Waals surface area contributed by atoms with Crippen LogP contribution in [0, 0.1) is 35.4 Å². The number of aliphatic hydroxyl groups is 1. The van der Waals surface area contributed by atoms with E-state index in [2.05, 4.69) is 26.3 Å². The van der Waals surface area contributed by atoms with Crippen LogP contribution in [0.2, 0.25) is 0 Å². The smallest absolute Gasteiger partial charge is 0.255 e. The molecule has 43 heavy (non-hydrogen) atoms. The third-order valence-corrected chi connectivity index (χ3v) is 7.96. The van der Waals surface area contributed by atoms with E-state index in [1.807, 2.05) is 0 Å². The Bertz CT molecular complexity index is 1420. The van der Waals surface area contributed by atoms with E-state index < -0.39 is 101 Å². The fourth-order valence-corrected chi connectivity index (χ4v) is 5.10. The number of amides is 4. The van der Waals surface area contributed by atoms with Gasteiger partial charge in [-0.25, -0.2) is 4.39 Å². The molecule has 1 aromatic carbocycles. The molecule has 6 N–H and O–H groups in total. The van der Waals surface area contributed by atoms with Crippen molar-refractivity contribution in [3.63, 3.8) is 0 Å². The van der Waals surface area contributed by atoms with Crippen molar-refractivity contribution < 1.29 is 47.0 Å². The maximum atomic E-state index is 14.6. The summed E-state index contributed by atoms with van der Waals surface area (Å²) in [5.41, 5.74) is -1.31. The molecule has 11 nitrogen and oxygen atoms in total. The lowest BCUT2D eigenvalue weighted by atomic mass is 9.78. The molecule has 0 radical (unpaired) electrons. The van der Waals surface area contributed by atoms with Gasteiger partial charge in [0.1, 0.15) is 17.8 Å². The van der Waals surface area contributed by atoms with E-state index in [4.69, 9.17) is 0 Å². The van der Waals surface area contributed by atoms with Crippen LogP contribution in [0.15, 0.2) is 24.3 Å². The van der Waals surface area contributed by atoms with Gasteiger partial charge in [-0.3, -0.25) is 19.2 Å². The zero-order chi connectivity index (χ0) is 31.6. The van der Waals surface area contributed by atoms with Crippen molar-refractivity contribution in [1.29, 1.82) is 0 Å². The van der Waals surface area contributed by atoms with Crippen molar-refractivity contribution in [2.45, 2.75) is 69.8 Å². The van der Waals surface area contributed by atoms with Crippen molar-refractivity contribution in [1.82, 2.24) is 26.3 Å². The molecule has 2 heterocycles. The Balaban J connectivity index is 1.73. The number of aliphatic hydroxyl groups excluding tert-OH is 1. The normalized spacial score (nSPS) is 27.1. The average molecular weight is 610 g/mol. The highest BCUT2D eigenvalue weighted by Gasteiger charge is 2.41. The fourth-order valence-electron chi connectivity index (χ4n) is 5.10. The molecule has 2 fully saturated rings. The van der Waals surface area contributed by atoms with E-state index in [9.17, 15) is 47.0 Å². The molecule has 1 aromatic heterocycles. The van der Waals surface area contributed by atoms with E-state index in [-0.39, 0.29) is 11.5 Å². The number of halogens is 4. The number of phenolic OH excluding ortho intramolecular Hbond substituents is 1. The SMILES string of the molecule is C[C@H]1NC(=O)C(C2CCC2)NC(=O)[C@H](C)[C@H](O)[C@H](Cc2c(F)nc(F)c(F)c2F)NC(=O)[C@H]1NC(=O)c1ccccc1O. The number of nitrogens with one attached hydrogen (secondary N) is 4. The number of para-hydroxylation sites is 1. The van der Waals surface area contributed by atoms with Gasteiger partial charge in [0.15, 0.2) is 5.82 Å². The molecule has 1 saturated heterocycles. The third kappa shape index (κ3) is 6.71. The zero-order valence-electron chi connectivity index (χ0n) is 23.2. The summed E-state index contributed by atoms with van der Waals surface area (Å²) in [5.74, 6) is -13.3. The Kier molecular flexibility index (Phi) is 9.52. The molecule has 4 rings (SSSR count). The summed E-state index contributed by atoms with van der Waals surface area (Å²) in [6.07, 6.45) is -0.810. The lowest BCUT2D eigenvalue weighted by molar-refractivity contribution is -0.137. The molecule has 1 aliphatic heterocycles. The van der Waals surface area contributed by atoms with Gasteiger partial charge in [-0.1, -0.05) is 25.5 Å². The molecular weight excluding hydrogens is 578 g/mol. The highest BCUT2D eigenvalue weighted by Crippen LogP contribution is 2.30. The monoisotopic (exact) mass is 609 g/mol. The Labute approximate surface area is 243 Å². The molecule has 1 saturated carbocycles. The van der Waals surface area contributed by atoms with Crippen LogP contribution in [0.5, 0.6) is 5.75 Å². The number of phenols is 1. The number of nitrogens with zero attached hydrogens (tertiary/aromatic N) is 1. The minimum absolute atomic E-state index is 0.207. The summed E-state index contributed by atoms with van der Waals surface area (Å²) in [6.45, 7) is 2.63. The number of hydrogen-bond donors (Lipinski definition) is 6. The van der Waals surface area contributed by atoms with Crippen LogP contribution < -0.4 is 21.3 Å². The number of hydrogen-bond acceptors (Lipinski definition) is 7. The van der Waals surface area contributed by atoms with Crippen molar-refractivity contribution in [2.24, 2.45) is 11.8 Å². The van der Waals surface area contributed by atoms with Crippen LogP contribution in [0.3, 0.4) is 0 Å². The molecule has 4 amide bonds. The Morgan fingerprint density at radius 3 is 2.26 bits per heavy atom. The predicted molar refractivity (Wildman–Crippen MR) is 141 cm³/mol. The van der Waals surface area contributed by atoms with Gasteiger partial charge in [0.2, 0.25) is 29.5 Å². The summed E-state index contributed by atoms with van der Waals surface area (Å²) in [5, 5.41) is 31.2. The molecule has 1 unspecified atom stereocenters. The summed E-state index contributed by atoms with van der Waals surface area (Å²) < 4.78 is 56.5. The average Bonchev–Trinajstić information content (AvgIpc) is 2.93. The van der Waals surface area contributed by atoms with Crippen LogP contribution in [0.4, 0.5) is 17.6 Å². The van der Waals surface area contributed by atoms with Gasteiger partial charge in [-0.15, -0.1) is 0 Å². The second-order valence-corrected chi connectivity index (χ2v) is 10.8. The number of pyridine rings is 1. The number of aromatic hydroxyl groups is 1. The van der Waals surface area contributed by atoms with E-state index in [1.165, 1.54) is 38.1 Å². The molecule has 232 valence electrons. The van der Waals surface area contributed by atoms with E-state index in [1.54, 1.807) is 0 Å². The summed E-state index contributed by atoms with van der Waals surface area (Å²) >= 11 is 0. The van der Waals surface area contributed by atoms with Gasteiger partial charge in [0.05, 0.1) is 29.7 Å². The lowest BCUT2D eigenvalue weighted by Gasteiger charge is -2.37. The van der Waals surface area contributed by atoms with E-state index in [0.29, 0.717) is 12.8 Å². The highest BCUT2D eigenvalue weighted by atomic mass is 19.2. The first-order valence-corrected chi connectivity index (χ1v) is 13.7. The van der Waals surface area contributed by atoms with Gasteiger partial charge in [0, 0.05) is 12.0 Å². The molecule has 0 spiro atoms. The highest BCUT2D eigenvalue weighted by molar-refractivity contribution is 6.00. The van der Waals surface area contributed by atoms with E-state index in [0.717, 1.165) is 6.42 Å². The molecule has 15 heteroatoms. The number of benzene rings is 1. The van der Waals surface area contributed by atoms with Crippen LogP contribution in [-0.4, -0.2) is 69.1 Å². The molecule has 0 bridgehead atoms. The van der Waals surface area contributed by atoms with Crippen molar-refractivity contribution in [3.8, 4) is 5.75 Å². The standard InChI is InChI=1S/C28H31F4N5O6/c1-11-22(39)16(10-15-18(29)19(30)24(32)37-23(15)31)34-27(42)20(35-26(41)14-8-3-4-9-17(14)38)12(2)33-28(43)21(36-25(11)40)13-6-5-7-13/h3-4,8-9,11-13,16,20-22,38-39H,5-7,10H2,1-2H3,(H,33,43)(H,34,42)(H,35,41)(H,36,40)/t11-,12-,16+,20+,21?,22+/m1/s1. The first-order chi connectivity index (χ1) is 20.3. The number of rotatable bonds is 5. The summed E-state index contributed by atoms with van der Waals surface area (Å²) in [7, 11) is 0. The first-order valence-electron chi connectivity index (χ1n) is 13.7. The lowest BCUT2D eigenvalue weighted by Crippen LogP contribution is -2.64. The summed E-state index contributed by atoms with van der Waals surface area (Å²) in [6, 6.07) is -0.0632. The zero-order valence-corrected chi connectivity index (χ0v) is 23.2. The number of carbonyl (C=O) groups is 4. The Morgan fingerprint density at radius 2 is 1.63 bits per heavy atom. The molecular formula is C28H31F4N5O6. The van der Waals surface area contributed by atoms with Crippen molar-refractivity contribution >= 4 is 23.6 Å². The quantitative estimate of drug-likeness (QED) is 0.217. The van der Waals surface area contributed by atoms with Crippen LogP contribution in [-0.2, 0) is 20.8 Å². The van der Waals surface area contributed by atoms with Crippen molar-refractivity contribution in [2.75, 3.05) is 0 Å². The second kappa shape index (κ2) is 12.9. The van der Waals surface area contributed by atoms with Crippen LogP contribution in [0.25, 0.3) is 0 Å². The molecule has 2 aromatic rings. The van der Waals surface area contributed by atoms with Gasteiger partial charge in [0.25, 0.3) is 11.9 Å².